The molecule has 0 radical (unpaired) electrons. The van der Waals surface area contributed by atoms with Crippen LogP contribution in [0.15, 0.2) is 24.4 Å². The minimum atomic E-state index is -0.786. The van der Waals surface area contributed by atoms with Crippen LogP contribution in [0, 0.1) is 5.92 Å². The molecule has 3 amide bonds. The SMILES string of the molecule is C[C@@H](C(=O)NC(N)=O)N1CCC[C@H](CN2CCN(c3ccccn3)CC2)C1. The lowest BCUT2D eigenvalue weighted by Crippen LogP contribution is -2.53. The van der Waals surface area contributed by atoms with Crippen molar-refractivity contribution in [2.75, 3.05) is 50.7 Å². The van der Waals surface area contributed by atoms with E-state index in [1.807, 2.05) is 25.3 Å². The van der Waals surface area contributed by atoms with Gasteiger partial charge in [0.1, 0.15) is 5.82 Å². The van der Waals surface area contributed by atoms with Crippen molar-refractivity contribution in [3.8, 4) is 0 Å². The fraction of sp³-hybridized carbons (Fsp3) is 0.632. The van der Waals surface area contributed by atoms with Gasteiger partial charge in [0, 0.05) is 45.5 Å². The number of nitrogens with one attached hydrogen (secondary N) is 1. The van der Waals surface area contributed by atoms with Crippen molar-refractivity contribution in [1.29, 1.82) is 0 Å². The molecule has 0 aliphatic carbocycles. The number of hydrogen-bond acceptors (Lipinski definition) is 6. The lowest BCUT2D eigenvalue weighted by Gasteiger charge is -2.40. The normalized spacial score (nSPS) is 23.0. The van der Waals surface area contributed by atoms with E-state index in [0.29, 0.717) is 5.92 Å². The highest BCUT2D eigenvalue weighted by atomic mass is 16.2. The van der Waals surface area contributed by atoms with Gasteiger partial charge in [-0.05, 0) is 44.4 Å². The van der Waals surface area contributed by atoms with Crippen LogP contribution in [-0.2, 0) is 4.79 Å². The lowest BCUT2D eigenvalue weighted by atomic mass is 9.96. The molecule has 3 heterocycles. The number of nitrogens with two attached hydrogens (primary N) is 1. The molecule has 2 saturated heterocycles. The van der Waals surface area contributed by atoms with Crippen molar-refractivity contribution < 1.29 is 9.59 Å². The summed E-state index contributed by atoms with van der Waals surface area (Å²) in [7, 11) is 0. The Morgan fingerprint density at radius 1 is 1.26 bits per heavy atom. The zero-order valence-corrected chi connectivity index (χ0v) is 16.0. The Labute approximate surface area is 160 Å². The van der Waals surface area contributed by atoms with Gasteiger partial charge in [-0.3, -0.25) is 19.9 Å². The summed E-state index contributed by atoms with van der Waals surface area (Å²) in [6.07, 6.45) is 4.10. The molecule has 0 bridgehead atoms. The molecule has 3 N–H and O–H groups in total. The third-order valence-corrected chi connectivity index (χ3v) is 5.59. The highest BCUT2D eigenvalue weighted by Crippen LogP contribution is 2.21. The second-order valence-corrected chi connectivity index (χ2v) is 7.51. The van der Waals surface area contributed by atoms with E-state index in [0.717, 1.165) is 58.1 Å². The molecule has 0 aromatic carbocycles. The van der Waals surface area contributed by atoms with Crippen molar-refractivity contribution >= 4 is 17.8 Å². The summed E-state index contributed by atoms with van der Waals surface area (Å²) in [4.78, 5) is 34.4. The molecule has 3 rings (SSSR count). The minimum absolute atomic E-state index is 0.313. The summed E-state index contributed by atoms with van der Waals surface area (Å²) >= 11 is 0. The quantitative estimate of drug-likeness (QED) is 0.779. The second-order valence-electron chi connectivity index (χ2n) is 7.51. The predicted molar refractivity (Wildman–Crippen MR) is 104 cm³/mol. The largest absolute Gasteiger partial charge is 0.354 e. The van der Waals surface area contributed by atoms with Crippen LogP contribution >= 0.6 is 0 Å². The first-order valence-corrected chi connectivity index (χ1v) is 9.75. The fourth-order valence-electron chi connectivity index (χ4n) is 4.06. The molecular weight excluding hydrogens is 344 g/mol. The molecule has 1 aromatic rings. The number of hydrogen-bond donors (Lipinski definition) is 2. The Morgan fingerprint density at radius 3 is 2.70 bits per heavy atom. The molecule has 2 aliphatic rings. The average Bonchev–Trinajstić information content (AvgIpc) is 2.68. The van der Waals surface area contributed by atoms with E-state index < -0.39 is 6.03 Å². The molecule has 8 nitrogen and oxygen atoms in total. The van der Waals surface area contributed by atoms with Crippen LogP contribution in [0.25, 0.3) is 0 Å². The highest BCUT2D eigenvalue weighted by Gasteiger charge is 2.29. The van der Waals surface area contributed by atoms with Gasteiger partial charge in [-0.1, -0.05) is 6.07 Å². The van der Waals surface area contributed by atoms with Crippen molar-refractivity contribution in [2.45, 2.75) is 25.8 Å². The van der Waals surface area contributed by atoms with E-state index in [1.54, 1.807) is 0 Å². The third kappa shape index (κ3) is 5.40. The Hall–Kier alpha value is -2.19. The molecule has 8 heteroatoms. The van der Waals surface area contributed by atoms with Crippen LogP contribution in [0.3, 0.4) is 0 Å². The van der Waals surface area contributed by atoms with Gasteiger partial charge >= 0.3 is 6.03 Å². The van der Waals surface area contributed by atoms with Crippen molar-refractivity contribution in [3.63, 3.8) is 0 Å². The zero-order valence-electron chi connectivity index (χ0n) is 16.0. The summed E-state index contributed by atoms with van der Waals surface area (Å²) in [5.41, 5.74) is 5.06. The number of nitrogens with zero attached hydrogens (tertiary/aromatic N) is 4. The van der Waals surface area contributed by atoms with Gasteiger partial charge in [-0.15, -0.1) is 0 Å². The molecule has 27 heavy (non-hydrogen) atoms. The number of amides is 3. The number of urea groups is 1. The number of aromatic nitrogens is 1. The van der Waals surface area contributed by atoms with Crippen LogP contribution in [0.5, 0.6) is 0 Å². The first-order chi connectivity index (χ1) is 13.0. The maximum atomic E-state index is 12.0. The number of piperidine rings is 1. The number of pyridine rings is 1. The molecular formula is C19H30N6O2. The number of likely N-dealkylation sites (tertiary alicyclic amines) is 1. The van der Waals surface area contributed by atoms with Crippen molar-refractivity contribution in [1.82, 2.24) is 20.1 Å². The highest BCUT2D eigenvalue weighted by molar-refractivity contribution is 5.96. The summed E-state index contributed by atoms with van der Waals surface area (Å²) in [5, 5.41) is 2.19. The number of anilines is 1. The molecule has 1 aromatic heterocycles. The predicted octanol–water partition coefficient (Wildman–Crippen LogP) is 0.499. The Kier molecular flexibility index (Phi) is 6.63. The number of piperazine rings is 1. The summed E-state index contributed by atoms with van der Waals surface area (Å²) in [6, 6.07) is 4.92. The number of imide groups is 1. The monoisotopic (exact) mass is 374 g/mol. The Bertz CT molecular complexity index is 632. The van der Waals surface area contributed by atoms with Gasteiger partial charge in [0.25, 0.3) is 0 Å². The smallest absolute Gasteiger partial charge is 0.318 e. The van der Waals surface area contributed by atoms with Gasteiger partial charge < -0.3 is 10.6 Å². The third-order valence-electron chi connectivity index (χ3n) is 5.59. The molecule has 0 unspecified atom stereocenters. The van der Waals surface area contributed by atoms with Gasteiger partial charge in [-0.25, -0.2) is 9.78 Å². The molecule has 2 aliphatic heterocycles. The molecule has 0 spiro atoms. The standard InChI is InChI=1S/C19H30N6O2/c1-15(18(26)22-19(20)27)25-8-4-5-16(14-25)13-23-9-11-24(12-10-23)17-6-2-3-7-21-17/h2-3,6-7,15-16H,4-5,8-14H2,1H3,(H3,20,22,26,27)/t15-,16+/m0/s1. The molecule has 2 fully saturated rings. The number of carbonyl (C=O) groups is 2. The first kappa shape index (κ1) is 19.6. The average molecular weight is 374 g/mol. The Morgan fingerprint density at radius 2 is 2.04 bits per heavy atom. The van der Waals surface area contributed by atoms with E-state index in [1.165, 1.54) is 6.42 Å². The first-order valence-electron chi connectivity index (χ1n) is 9.75. The fourth-order valence-corrected chi connectivity index (χ4v) is 4.06. The topological polar surface area (TPSA) is 94.8 Å². The van der Waals surface area contributed by atoms with Crippen LogP contribution in [0.2, 0.25) is 0 Å². The Balaban J connectivity index is 1.46. The van der Waals surface area contributed by atoms with E-state index in [2.05, 4.69) is 31.1 Å². The second kappa shape index (κ2) is 9.14. The van der Waals surface area contributed by atoms with Crippen molar-refractivity contribution in [2.24, 2.45) is 11.7 Å². The maximum Gasteiger partial charge on any atom is 0.318 e. The van der Waals surface area contributed by atoms with E-state index in [9.17, 15) is 9.59 Å². The van der Waals surface area contributed by atoms with Crippen LogP contribution in [-0.4, -0.2) is 78.6 Å². The molecule has 0 saturated carbocycles. The summed E-state index contributed by atoms with van der Waals surface area (Å²) in [5.74, 6) is 1.28. The van der Waals surface area contributed by atoms with Gasteiger partial charge in [0.2, 0.25) is 5.91 Å². The van der Waals surface area contributed by atoms with Crippen LogP contribution < -0.4 is 16.0 Å². The maximum absolute atomic E-state index is 12.0. The van der Waals surface area contributed by atoms with Gasteiger partial charge in [0.05, 0.1) is 6.04 Å². The lowest BCUT2D eigenvalue weighted by molar-refractivity contribution is -0.125. The van der Waals surface area contributed by atoms with E-state index in [-0.39, 0.29) is 11.9 Å². The zero-order chi connectivity index (χ0) is 19.2. The summed E-state index contributed by atoms with van der Waals surface area (Å²) < 4.78 is 0. The number of primary amides is 1. The van der Waals surface area contributed by atoms with Gasteiger partial charge in [0.15, 0.2) is 0 Å². The number of rotatable bonds is 5. The van der Waals surface area contributed by atoms with Gasteiger partial charge in [-0.2, -0.15) is 0 Å². The molecule has 2 atom stereocenters. The van der Waals surface area contributed by atoms with E-state index >= 15 is 0 Å². The van der Waals surface area contributed by atoms with E-state index in [4.69, 9.17) is 5.73 Å². The minimum Gasteiger partial charge on any atom is -0.354 e. The van der Waals surface area contributed by atoms with Crippen molar-refractivity contribution in [3.05, 3.63) is 24.4 Å². The van der Waals surface area contributed by atoms with Crippen LogP contribution in [0.1, 0.15) is 19.8 Å². The summed E-state index contributed by atoms with van der Waals surface area (Å²) in [6.45, 7) is 8.71. The number of carbonyl (C=O) groups excluding carboxylic acids is 2. The molecule has 148 valence electrons. The van der Waals surface area contributed by atoms with Crippen LogP contribution in [0.4, 0.5) is 10.6 Å².